The van der Waals surface area contributed by atoms with E-state index in [9.17, 15) is 4.39 Å². The molecule has 0 bridgehead atoms. The number of hydrogen-bond acceptors (Lipinski definition) is 3. The molecule has 0 fully saturated rings. The maximum atomic E-state index is 13.1. The Labute approximate surface area is 106 Å². The number of hydrogen-bond donors (Lipinski definition) is 1. The molecule has 0 spiro atoms. The van der Waals surface area contributed by atoms with Crippen molar-refractivity contribution in [2.45, 2.75) is 13.0 Å². The van der Waals surface area contributed by atoms with Crippen LogP contribution in [0.15, 0.2) is 18.2 Å². The number of nitrogens with zero attached hydrogens (tertiary/aromatic N) is 2. The van der Waals surface area contributed by atoms with Crippen LogP contribution in [0.4, 0.5) is 4.39 Å². The van der Waals surface area contributed by atoms with E-state index < -0.39 is 0 Å². The highest BCUT2D eigenvalue weighted by molar-refractivity contribution is 5.41. The summed E-state index contributed by atoms with van der Waals surface area (Å²) in [5, 5.41) is 17.2. The molecule has 0 aromatic heterocycles. The van der Waals surface area contributed by atoms with Crippen molar-refractivity contribution in [3.05, 3.63) is 35.1 Å². The maximum Gasteiger partial charge on any atom is 0.124 e. The molecule has 1 aromatic carbocycles. The van der Waals surface area contributed by atoms with Crippen LogP contribution in [0, 0.1) is 29.0 Å². The average Bonchev–Trinajstić information content (AvgIpc) is 2.36. The second kappa shape index (κ2) is 7.45. The highest BCUT2D eigenvalue weighted by atomic mass is 19.1. The van der Waals surface area contributed by atoms with Gasteiger partial charge in [0, 0.05) is 25.1 Å². The van der Waals surface area contributed by atoms with Crippen LogP contribution in [0.5, 0.6) is 0 Å². The lowest BCUT2D eigenvalue weighted by atomic mass is 10.1. The van der Waals surface area contributed by atoms with E-state index in [1.165, 1.54) is 12.1 Å². The third-order valence-corrected chi connectivity index (χ3v) is 2.42. The van der Waals surface area contributed by atoms with Crippen molar-refractivity contribution < 1.29 is 9.50 Å². The van der Waals surface area contributed by atoms with Crippen LogP contribution in [-0.4, -0.2) is 30.2 Å². The van der Waals surface area contributed by atoms with Gasteiger partial charge in [0.1, 0.15) is 12.4 Å². The number of aliphatic hydroxyl groups is 1. The van der Waals surface area contributed by atoms with Gasteiger partial charge in [-0.25, -0.2) is 4.39 Å². The zero-order chi connectivity index (χ0) is 13.4. The topological polar surface area (TPSA) is 47.3 Å². The Morgan fingerprint density at radius 1 is 1.44 bits per heavy atom. The maximum absolute atomic E-state index is 13.1. The highest BCUT2D eigenvalue weighted by Crippen LogP contribution is 2.12. The van der Waals surface area contributed by atoms with Gasteiger partial charge in [0.25, 0.3) is 0 Å². The van der Waals surface area contributed by atoms with Gasteiger partial charge >= 0.3 is 0 Å². The Balaban J connectivity index is 2.84. The molecule has 0 saturated carbocycles. The predicted octanol–water partition coefficient (Wildman–Crippen LogP) is 1.51. The quantitative estimate of drug-likeness (QED) is 0.819. The molecular formula is C14H15FN2O. The molecule has 0 amide bonds. The zero-order valence-corrected chi connectivity index (χ0v) is 10.3. The van der Waals surface area contributed by atoms with Gasteiger partial charge in [-0.05, 0) is 24.7 Å². The lowest BCUT2D eigenvalue weighted by Crippen LogP contribution is -2.19. The molecule has 0 atom stereocenters. The molecule has 18 heavy (non-hydrogen) atoms. The molecule has 1 N–H and O–H groups in total. The molecule has 0 heterocycles. The average molecular weight is 246 g/mol. The summed E-state index contributed by atoms with van der Waals surface area (Å²) in [5.41, 5.74) is 1.46. The fourth-order valence-electron chi connectivity index (χ4n) is 1.55. The lowest BCUT2D eigenvalue weighted by molar-refractivity contribution is 0.334. The standard InChI is InChI=1S/C14H15FN2O/c1-17(8-3-7-16)11-13-5-6-14(15)10-12(13)4-2-9-18/h5-6,10,18H,3,8-9,11H2,1H3. The molecule has 0 aliphatic heterocycles. The fourth-order valence-corrected chi connectivity index (χ4v) is 1.55. The van der Waals surface area contributed by atoms with Crippen molar-refractivity contribution in [2.75, 3.05) is 20.2 Å². The van der Waals surface area contributed by atoms with Crippen LogP contribution in [0.3, 0.4) is 0 Å². The second-order valence-electron chi connectivity index (χ2n) is 3.91. The van der Waals surface area contributed by atoms with E-state index in [-0.39, 0.29) is 12.4 Å². The SMILES string of the molecule is CN(CCC#N)Cc1ccc(F)cc1C#CCO. The minimum Gasteiger partial charge on any atom is -0.384 e. The molecule has 1 rings (SSSR count). The van der Waals surface area contributed by atoms with Crippen LogP contribution in [-0.2, 0) is 6.54 Å². The third kappa shape index (κ3) is 4.55. The zero-order valence-electron chi connectivity index (χ0n) is 10.3. The molecule has 0 aliphatic carbocycles. The van der Waals surface area contributed by atoms with E-state index in [1.54, 1.807) is 6.07 Å². The molecule has 0 radical (unpaired) electrons. The summed E-state index contributed by atoms with van der Waals surface area (Å²) in [4.78, 5) is 1.97. The first-order chi connectivity index (χ1) is 8.67. The minimum absolute atomic E-state index is 0.250. The van der Waals surface area contributed by atoms with E-state index >= 15 is 0 Å². The lowest BCUT2D eigenvalue weighted by Gasteiger charge is -2.16. The Morgan fingerprint density at radius 2 is 2.22 bits per heavy atom. The van der Waals surface area contributed by atoms with Gasteiger partial charge in [0.15, 0.2) is 0 Å². The smallest absolute Gasteiger partial charge is 0.124 e. The normalized spacial score (nSPS) is 9.72. The third-order valence-electron chi connectivity index (χ3n) is 2.42. The second-order valence-corrected chi connectivity index (χ2v) is 3.91. The summed E-state index contributed by atoms with van der Waals surface area (Å²) in [6.07, 6.45) is 0.454. The summed E-state index contributed by atoms with van der Waals surface area (Å²) >= 11 is 0. The highest BCUT2D eigenvalue weighted by Gasteiger charge is 2.05. The van der Waals surface area contributed by atoms with Gasteiger partial charge in [-0.3, -0.25) is 0 Å². The van der Waals surface area contributed by atoms with Crippen molar-refractivity contribution >= 4 is 0 Å². The summed E-state index contributed by atoms with van der Waals surface area (Å²) in [5.74, 6) is 4.90. The number of benzene rings is 1. The first-order valence-electron chi connectivity index (χ1n) is 5.61. The van der Waals surface area contributed by atoms with Crippen molar-refractivity contribution in [1.82, 2.24) is 4.90 Å². The Kier molecular flexibility index (Phi) is 5.87. The van der Waals surface area contributed by atoms with Gasteiger partial charge in [-0.2, -0.15) is 5.26 Å². The molecule has 0 saturated heterocycles. The molecule has 3 nitrogen and oxygen atoms in total. The number of aliphatic hydroxyl groups excluding tert-OH is 1. The molecular weight excluding hydrogens is 231 g/mol. The fraction of sp³-hybridized carbons (Fsp3) is 0.357. The monoisotopic (exact) mass is 246 g/mol. The number of halogens is 1. The van der Waals surface area contributed by atoms with Crippen LogP contribution < -0.4 is 0 Å². The van der Waals surface area contributed by atoms with E-state index in [0.29, 0.717) is 25.1 Å². The molecule has 4 heteroatoms. The van der Waals surface area contributed by atoms with Crippen LogP contribution >= 0.6 is 0 Å². The summed E-state index contributed by atoms with van der Waals surface area (Å²) in [6, 6.07) is 6.50. The van der Waals surface area contributed by atoms with Crippen LogP contribution in [0.1, 0.15) is 17.5 Å². The van der Waals surface area contributed by atoms with Crippen molar-refractivity contribution in [3.8, 4) is 17.9 Å². The molecule has 0 aliphatic rings. The molecule has 0 unspecified atom stereocenters. The first-order valence-corrected chi connectivity index (χ1v) is 5.61. The van der Waals surface area contributed by atoms with Gasteiger partial charge in [0.2, 0.25) is 0 Å². The van der Waals surface area contributed by atoms with E-state index in [0.717, 1.165) is 5.56 Å². The summed E-state index contributed by atoms with van der Waals surface area (Å²) in [7, 11) is 1.89. The Bertz CT molecular complexity index is 497. The Morgan fingerprint density at radius 3 is 2.89 bits per heavy atom. The molecule has 1 aromatic rings. The van der Waals surface area contributed by atoms with Gasteiger partial charge in [-0.15, -0.1) is 0 Å². The van der Waals surface area contributed by atoms with Crippen molar-refractivity contribution in [2.24, 2.45) is 0 Å². The minimum atomic E-state index is -0.347. The summed E-state index contributed by atoms with van der Waals surface area (Å²) in [6.45, 7) is 0.998. The van der Waals surface area contributed by atoms with E-state index in [1.807, 2.05) is 11.9 Å². The van der Waals surface area contributed by atoms with Gasteiger partial charge in [0.05, 0.1) is 6.07 Å². The van der Waals surface area contributed by atoms with Gasteiger partial charge < -0.3 is 10.0 Å². The van der Waals surface area contributed by atoms with Gasteiger partial charge in [-0.1, -0.05) is 17.9 Å². The molecule has 94 valence electrons. The van der Waals surface area contributed by atoms with Crippen molar-refractivity contribution in [1.29, 1.82) is 5.26 Å². The van der Waals surface area contributed by atoms with E-state index in [2.05, 4.69) is 17.9 Å². The number of nitriles is 1. The van der Waals surface area contributed by atoms with Crippen LogP contribution in [0.25, 0.3) is 0 Å². The Hall–Kier alpha value is -1.88. The number of rotatable bonds is 4. The van der Waals surface area contributed by atoms with Crippen molar-refractivity contribution in [3.63, 3.8) is 0 Å². The largest absolute Gasteiger partial charge is 0.384 e. The van der Waals surface area contributed by atoms with E-state index in [4.69, 9.17) is 10.4 Å². The predicted molar refractivity (Wildman–Crippen MR) is 66.9 cm³/mol. The summed E-state index contributed by atoms with van der Waals surface area (Å²) < 4.78 is 13.1. The first kappa shape index (κ1) is 14.2. The van der Waals surface area contributed by atoms with Crippen LogP contribution in [0.2, 0.25) is 0 Å².